The van der Waals surface area contributed by atoms with E-state index < -0.39 is 24.6 Å². The molecular weight excluding hydrogens is 156 g/mol. The smallest absolute Gasteiger partial charge is 0.184 e. The first-order valence-electron chi connectivity index (χ1n) is 3.13. The minimum Gasteiger partial charge on any atom is -0.387 e. The van der Waals surface area contributed by atoms with Crippen LogP contribution >= 0.6 is 0 Å². The maximum atomic E-state index is 9.03. The van der Waals surface area contributed by atoms with Crippen LogP contribution in [-0.2, 0) is 9.62 Å². The van der Waals surface area contributed by atoms with E-state index >= 15 is 0 Å². The zero-order valence-corrected chi connectivity index (χ0v) is 5.62. The Morgan fingerprint density at radius 1 is 1.18 bits per heavy atom. The van der Waals surface area contributed by atoms with E-state index in [0.717, 1.165) is 0 Å². The molecule has 1 aliphatic heterocycles. The van der Waals surface area contributed by atoms with Crippen molar-refractivity contribution in [3.63, 3.8) is 0 Å². The summed E-state index contributed by atoms with van der Waals surface area (Å²) in [5.41, 5.74) is 0. The van der Waals surface area contributed by atoms with Crippen molar-refractivity contribution < 1.29 is 30.2 Å². The van der Waals surface area contributed by atoms with Gasteiger partial charge >= 0.3 is 0 Å². The fraction of sp³-hybridized carbons (Fsp3) is 1.00. The van der Waals surface area contributed by atoms with E-state index in [1.165, 1.54) is 0 Å². The summed E-state index contributed by atoms with van der Waals surface area (Å²) in [6.07, 6.45) is -4.86. The Bertz CT molecular complexity index is 128. The van der Waals surface area contributed by atoms with Gasteiger partial charge in [-0.05, 0) is 0 Å². The van der Waals surface area contributed by atoms with Gasteiger partial charge in [-0.15, -0.1) is 0 Å². The molecule has 0 amide bonds. The van der Waals surface area contributed by atoms with Gasteiger partial charge in [0.2, 0.25) is 0 Å². The second-order valence-corrected chi connectivity index (χ2v) is 2.34. The van der Waals surface area contributed by atoms with E-state index in [-0.39, 0.29) is 6.61 Å². The van der Waals surface area contributed by atoms with Crippen molar-refractivity contribution in [2.75, 3.05) is 6.61 Å². The molecule has 4 atom stereocenters. The van der Waals surface area contributed by atoms with Gasteiger partial charge < -0.3 is 20.1 Å². The minimum atomic E-state index is -1.41. The standard InChI is InChI=1S/C5H10O6/c6-3-2(1-10-9)11-5(8)4(3)7/h2-9H,1H2/t2-,3-,4-,5+/m1/s1. The van der Waals surface area contributed by atoms with E-state index in [9.17, 15) is 0 Å². The summed E-state index contributed by atoms with van der Waals surface area (Å²) in [6, 6.07) is 0. The van der Waals surface area contributed by atoms with Gasteiger partial charge in [0, 0.05) is 0 Å². The number of aliphatic hydroxyl groups is 3. The van der Waals surface area contributed by atoms with E-state index in [2.05, 4.69) is 9.62 Å². The van der Waals surface area contributed by atoms with Gasteiger partial charge in [0.05, 0.1) is 0 Å². The zero-order valence-electron chi connectivity index (χ0n) is 5.62. The second kappa shape index (κ2) is 3.44. The molecule has 0 aromatic carbocycles. The van der Waals surface area contributed by atoms with Crippen LogP contribution in [0.5, 0.6) is 0 Å². The molecule has 1 fully saturated rings. The van der Waals surface area contributed by atoms with Crippen molar-refractivity contribution in [2.24, 2.45) is 0 Å². The lowest BCUT2D eigenvalue weighted by atomic mass is 10.1. The summed E-state index contributed by atoms with van der Waals surface area (Å²) in [5, 5.41) is 34.7. The molecule has 6 nitrogen and oxygen atoms in total. The molecule has 0 radical (unpaired) electrons. The van der Waals surface area contributed by atoms with Gasteiger partial charge in [-0.25, -0.2) is 4.89 Å². The summed E-state index contributed by atoms with van der Waals surface area (Å²) < 4.78 is 4.60. The van der Waals surface area contributed by atoms with Crippen LogP contribution < -0.4 is 0 Å². The predicted molar refractivity (Wildman–Crippen MR) is 31.5 cm³/mol. The van der Waals surface area contributed by atoms with Crippen LogP contribution in [0.1, 0.15) is 0 Å². The maximum Gasteiger partial charge on any atom is 0.184 e. The summed E-state index contributed by atoms with van der Waals surface area (Å²) >= 11 is 0. The van der Waals surface area contributed by atoms with E-state index in [1.54, 1.807) is 0 Å². The average molecular weight is 166 g/mol. The predicted octanol–water partition coefficient (Wildman–Crippen LogP) is -2.08. The molecular formula is C5H10O6. The molecule has 0 aromatic heterocycles. The van der Waals surface area contributed by atoms with Crippen molar-refractivity contribution in [3.8, 4) is 0 Å². The first kappa shape index (κ1) is 8.85. The van der Waals surface area contributed by atoms with Gasteiger partial charge in [-0.2, -0.15) is 0 Å². The largest absolute Gasteiger partial charge is 0.387 e. The molecule has 1 rings (SSSR count). The number of rotatable bonds is 2. The molecule has 1 saturated heterocycles. The highest BCUT2D eigenvalue weighted by molar-refractivity contribution is 4.85. The van der Waals surface area contributed by atoms with Crippen molar-refractivity contribution in [1.82, 2.24) is 0 Å². The first-order valence-corrected chi connectivity index (χ1v) is 3.13. The van der Waals surface area contributed by atoms with E-state index in [4.69, 9.17) is 20.6 Å². The van der Waals surface area contributed by atoms with Gasteiger partial charge in [0.15, 0.2) is 6.29 Å². The molecule has 1 heterocycles. The molecule has 0 saturated carbocycles. The van der Waals surface area contributed by atoms with Gasteiger partial charge in [-0.1, -0.05) is 0 Å². The van der Waals surface area contributed by atoms with Crippen LogP contribution in [-0.4, -0.2) is 51.8 Å². The fourth-order valence-electron chi connectivity index (χ4n) is 0.940. The van der Waals surface area contributed by atoms with Crippen LogP contribution in [0, 0.1) is 0 Å². The van der Waals surface area contributed by atoms with Gasteiger partial charge in [0.25, 0.3) is 0 Å². The fourth-order valence-corrected chi connectivity index (χ4v) is 0.940. The van der Waals surface area contributed by atoms with Crippen molar-refractivity contribution in [2.45, 2.75) is 24.6 Å². The summed E-state index contributed by atoms with van der Waals surface area (Å²) in [7, 11) is 0. The third-order valence-corrected chi connectivity index (χ3v) is 1.58. The van der Waals surface area contributed by atoms with Crippen LogP contribution in [0.4, 0.5) is 0 Å². The Hall–Kier alpha value is -0.240. The van der Waals surface area contributed by atoms with Crippen LogP contribution in [0.3, 0.4) is 0 Å². The molecule has 66 valence electrons. The third kappa shape index (κ3) is 1.67. The maximum absolute atomic E-state index is 9.03. The lowest BCUT2D eigenvalue weighted by Crippen LogP contribution is -2.34. The summed E-state index contributed by atoms with van der Waals surface area (Å²) in [6.45, 7) is -0.282. The average Bonchev–Trinajstić information content (AvgIpc) is 2.19. The highest BCUT2D eigenvalue weighted by Gasteiger charge is 2.41. The molecule has 0 spiro atoms. The molecule has 1 aliphatic rings. The monoisotopic (exact) mass is 166 g/mol. The van der Waals surface area contributed by atoms with Crippen molar-refractivity contribution in [1.29, 1.82) is 0 Å². The first-order chi connectivity index (χ1) is 5.16. The number of aliphatic hydroxyl groups excluding tert-OH is 3. The summed E-state index contributed by atoms with van der Waals surface area (Å²) in [4.78, 5) is 3.69. The van der Waals surface area contributed by atoms with E-state index in [0.29, 0.717) is 0 Å². The quantitative estimate of drug-likeness (QED) is 0.277. The molecule has 0 bridgehead atoms. The highest BCUT2D eigenvalue weighted by atomic mass is 17.1. The number of hydrogen-bond donors (Lipinski definition) is 4. The zero-order chi connectivity index (χ0) is 8.43. The SMILES string of the molecule is OOC[C@H]1O[C@H](O)[C@H](O)[C@@H]1O. The summed E-state index contributed by atoms with van der Waals surface area (Å²) in [5.74, 6) is 0. The second-order valence-electron chi connectivity index (χ2n) is 2.34. The molecule has 6 heteroatoms. The van der Waals surface area contributed by atoms with E-state index in [1.807, 2.05) is 0 Å². The number of ether oxygens (including phenoxy) is 1. The van der Waals surface area contributed by atoms with Crippen LogP contribution in [0.25, 0.3) is 0 Å². The van der Waals surface area contributed by atoms with Crippen molar-refractivity contribution >= 4 is 0 Å². The molecule has 4 N–H and O–H groups in total. The molecule has 0 aromatic rings. The Labute approximate surface area is 62.5 Å². The minimum absolute atomic E-state index is 0.282. The molecule has 0 unspecified atom stereocenters. The lowest BCUT2D eigenvalue weighted by molar-refractivity contribution is -0.267. The Morgan fingerprint density at radius 2 is 1.82 bits per heavy atom. The lowest BCUT2D eigenvalue weighted by Gasteiger charge is -2.10. The Morgan fingerprint density at radius 3 is 2.18 bits per heavy atom. The topological polar surface area (TPSA) is 99.4 Å². The van der Waals surface area contributed by atoms with Crippen LogP contribution in [0.15, 0.2) is 0 Å². The Kier molecular flexibility index (Phi) is 2.77. The third-order valence-electron chi connectivity index (χ3n) is 1.58. The van der Waals surface area contributed by atoms with Crippen molar-refractivity contribution in [3.05, 3.63) is 0 Å². The number of hydrogen-bond acceptors (Lipinski definition) is 6. The highest BCUT2D eigenvalue weighted by Crippen LogP contribution is 2.19. The van der Waals surface area contributed by atoms with Crippen LogP contribution in [0.2, 0.25) is 0 Å². The van der Waals surface area contributed by atoms with Gasteiger partial charge in [0.1, 0.15) is 24.9 Å². The Balaban J connectivity index is 2.45. The molecule has 0 aliphatic carbocycles. The molecule has 11 heavy (non-hydrogen) atoms. The normalized spacial score (nSPS) is 44.7. The van der Waals surface area contributed by atoms with Gasteiger partial charge in [-0.3, -0.25) is 5.26 Å².